The fourth-order valence-electron chi connectivity index (χ4n) is 1.42. The summed E-state index contributed by atoms with van der Waals surface area (Å²) in [5.41, 5.74) is 1.04. The second kappa shape index (κ2) is 4.81. The van der Waals surface area contributed by atoms with Gasteiger partial charge in [-0.05, 0) is 36.7 Å². The molecular weight excluding hydrogens is 260 g/mol. The first-order valence-corrected chi connectivity index (χ1v) is 5.96. The Balaban J connectivity index is 2.50. The molecule has 6 heteroatoms. The number of rotatable bonds is 3. The number of benzene rings is 1. The van der Waals surface area contributed by atoms with Crippen molar-refractivity contribution in [2.75, 3.05) is 7.11 Å². The molecule has 0 aliphatic carbocycles. The lowest BCUT2D eigenvalue weighted by atomic mass is 10.1. The van der Waals surface area contributed by atoms with Crippen LogP contribution in [0.3, 0.4) is 0 Å². The highest BCUT2D eigenvalue weighted by atomic mass is 35.5. The van der Waals surface area contributed by atoms with E-state index < -0.39 is 0 Å². The number of nitrogens with zero attached hydrogens (tertiary/aromatic N) is 2. The highest BCUT2D eigenvalue weighted by Gasteiger charge is 2.19. The standard InChI is InChI=1S/C11H9ClN2O2S/c1-6-11(17-14-13-6)10(15)8-5-7(12)3-4-9(8)16-2/h3-5H,1-2H3. The summed E-state index contributed by atoms with van der Waals surface area (Å²) in [4.78, 5) is 12.8. The van der Waals surface area contributed by atoms with Gasteiger partial charge in [0.25, 0.3) is 0 Å². The fourth-order valence-corrected chi connectivity index (χ4v) is 2.20. The lowest BCUT2D eigenvalue weighted by molar-refractivity contribution is 0.103. The van der Waals surface area contributed by atoms with E-state index in [1.165, 1.54) is 7.11 Å². The highest BCUT2D eigenvalue weighted by Crippen LogP contribution is 2.26. The van der Waals surface area contributed by atoms with Crippen LogP contribution in [0.4, 0.5) is 0 Å². The Morgan fingerprint density at radius 2 is 2.24 bits per heavy atom. The van der Waals surface area contributed by atoms with Crippen LogP contribution in [-0.2, 0) is 0 Å². The summed E-state index contributed by atoms with van der Waals surface area (Å²) in [5.74, 6) is 0.323. The van der Waals surface area contributed by atoms with Crippen LogP contribution in [0.5, 0.6) is 5.75 Å². The minimum Gasteiger partial charge on any atom is -0.496 e. The van der Waals surface area contributed by atoms with Crippen molar-refractivity contribution in [1.82, 2.24) is 9.59 Å². The lowest BCUT2D eigenvalue weighted by Crippen LogP contribution is -2.03. The monoisotopic (exact) mass is 268 g/mol. The molecule has 0 aliphatic rings. The number of halogens is 1. The number of methoxy groups -OCH3 is 1. The van der Waals surface area contributed by atoms with Gasteiger partial charge < -0.3 is 4.74 Å². The normalized spacial score (nSPS) is 10.3. The van der Waals surface area contributed by atoms with Crippen molar-refractivity contribution >= 4 is 28.9 Å². The van der Waals surface area contributed by atoms with Crippen molar-refractivity contribution < 1.29 is 9.53 Å². The Labute approximate surface area is 107 Å². The summed E-state index contributed by atoms with van der Waals surface area (Å²) in [6.45, 7) is 1.74. The van der Waals surface area contributed by atoms with Gasteiger partial charge in [0.2, 0.25) is 5.78 Å². The van der Waals surface area contributed by atoms with E-state index in [4.69, 9.17) is 16.3 Å². The van der Waals surface area contributed by atoms with Crippen molar-refractivity contribution in [2.45, 2.75) is 6.92 Å². The van der Waals surface area contributed by atoms with Gasteiger partial charge in [-0.3, -0.25) is 4.79 Å². The van der Waals surface area contributed by atoms with Crippen LogP contribution in [-0.4, -0.2) is 22.5 Å². The molecular formula is C11H9ClN2O2S. The van der Waals surface area contributed by atoms with Crippen LogP contribution in [0, 0.1) is 6.92 Å². The molecule has 0 aliphatic heterocycles. The topological polar surface area (TPSA) is 52.1 Å². The van der Waals surface area contributed by atoms with Gasteiger partial charge in [0.15, 0.2) is 0 Å². The highest BCUT2D eigenvalue weighted by molar-refractivity contribution is 7.08. The average Bonchev–Trinajstić information content (AvgIpc) is 2.74. The zero-order chi connectivity index (χ0) is 12.4. The van der Waals surface area contributed by atoms with Crippen molar-refractivity contribution in [3.05, 3.63) is 39.4 Å². The fraction of sp³-hybridized carbons (Fsp3) is 0.182. The van der Waals surface area contributed by atoms with E-state index in [9.17, 15) is 4.79 Å². The summed E-state index contributed by atoms with van der Waals surface area (Å²) in [6, 6.07) is 4.93. The number of ether oxygens (including phenoxy) is 1. The molecule has 4 nitrogen and oxygen atoms in total. The van der Waals surface area contributed by atoms with Gasteiger partial charge in [-0.25, -0.2) is 0 Å². The Bertz CT molecular complexity index is 568. The maximum atomic E-state index is 12.3. The largest absolute Gasteiger partial charge is 0.496 e. The third-order valence-electron chi connectivity index (χ3n) is 2.26. The molecule has 1 aromatic carbocycles. The molecule has 0 atom stereocenters. The molecule has 0 bridgehead atoms. The minimum atomic E-state index is -0.170. The molecule has 2 aromatic rings. The number of aryl methyl sites for hydroxylation is 1. The van der Waals surface area contributed by atoms with E-state index >= 15 is 0 Å². The van der Waals surface area contributed by atoms with Crippen LogP contribution < -0.4 is 4.74 Å². The summed E-state index contributed by atoms with van der Waals surface area (Å²) >= 11 is 6.95. The van der Waals surface area contributed by atoms with E-state index in [1.807, 2.05) is 0 Å². The molecule has 0 N–H and O–H groups in total. The molecule has 1 aromatic heterocycles. The molecule has 1 heterocycles. The van der Waals surface area contributed by atoms with Crippen molar-refractivity contribution in [3.63, 3.8) is 0 Å². The number of carbonyl (C=O) groups is 1. The molecule has 0 saturated heterocycles. The van der Waals surface area contributed by atoms with Crippen LogP contribution >= 0.6 is 23.1 Å². The number of ketones is 1. The van der Waals surface area contributed by atoms with Crippen LogP contribution in [0.25, 0.3) is 0 Å². The zero-order valence-electron chi connectivity index (χ0n) is 9.23. The maximum absolute atomic E-state index is 12.3. The number of aromatic nitrogens is 2. The predicted octanol–water partition coefficient (Wildman–Crippen LogP) is 2.74. The van der Waals surface area contributed by atoms with Gasteiger partial charge >= 0.3 is 0 Å². The summed E-state index contributed by atoms with van der Waals surface area (Å²) in [5, 5.41) is 4.31. The first-order valence-electron chi connectivity index (χ1n) is 4.80. The van der Waals surface area contributed by atoms with Gasteiger partial charge in [-0.1, -0.05) is 16.1 Å². The van der Waals surface area contributed by atoms with E-state index in [2.05, 4.69) is 9.59 Å². The smallest absolute Gasteiger partial charge is 0.210 e. The molecule has 0 saturated carbocycles. The molecule has 0 amide bonds. The van der Waals surface area contributed by atoms with Crippen molar-refractivity contribution in [1.29, 1.82) is 0 Å². The molecule has 17 heavy (non-hydrogen) atoms. The first kappa shape index (κ1) is 12.0. The van der Waals surface area contributed by atoms with Gasteiger partial charge in [0.1, 0.15) is 10.6 Å². The molecule has 0 radical (unpaired) electrons. The third kappa shape index (κ3) is 2.30. The number of hydrogen-bond donors (Lipinski definition) is 0. The zero-order valence-corrected chi connectivity index (χ0v) is 10.8. The number of carbonyl (C=O) groups excluding carboxylic acids is 1. The van der Waals surface area contributed by atoms with Gasteiger partial charge in [-0.2, -0.15) is 0 Å². The minimum absolute atomic E-state index is 0.170. The summed E-state index contributed by atoms with van der Waals surface area (Å²) in [6.07, 6.45) is 0. The van der Waals surface area contributed by atoms with Gasteiger partial charge in [0, 0.05) is 5.02 Å². The predicted molar refractivity (Wildman–Crippen MR) is 66.1 cm³/mol. The SMILES string of the molecule is COc1ccc(Cl)cc1C(=O)c1snnc1C. The molecule has 0 spiro atoms. The first-order chi connectivity index (χ1) is 8.13. The number of hydrogen-bond acceptors (Lipinski definition) is 5. The van der Waals surface area contributed by atoms with Crippen LogP contribution in [0.1, 0.15) is 20.9 Å². The Kier molecular flexibility index (Phi) is 3.40. The van der Waals surface area contributed by atoms with Crippen LogP contribution in [0.2, 0.25) is 5.02 Å². The van der Waals surface area contributed by atoms with E-state index in [-0.39, 0.29) is 5.78 Å². The van der Waals surface area contributed by atoms with Crippen LogP contribution in [0.15, 0.2) is 18.2 Å². The van der Waals surface area contributed by atoms with Crippen molar-refractivity contribution in [3.8, 4) is 5.75 Å². The quantitative estimate of drug-likeness (QED) is 0.803. The van der Waals surface area contributed by atoms with Crippen molar-refractivity contribution in [2.24, 2.45) is 0 Å². The third-order valence-corrected chi connectivity index (χ3v) is 3.33. The second-order valence-corrected chi connectivity index (χ2v) is 4.55. The van der Waals surface area contributed by atoms with Gasteiger partial charge in [-0.15, -0.1) is 5.10 Å². The maximum Gasteiger partial charge on any atom is 0.210 e. The Morgan fingerprint density at radius 1 is 1.47 bits per heavy atom. The summed E-state index contributed by atoms with van der Waals surface area (Å²) in [7, 11) is 1.51. The second-order valence-electron chi connectivity index (χ2n) is 3.36. The van der Waals surface area contributed by atoms with Gasteiger partial charge in [0.05, 0.1) is 18.4 Å². The van der Waals surface area contributed by atoms with E-state index in [0.29, 0.717) is 26.9 Å². The molecule has 2 rings (SSSR count). The Morgan fingerprint density at radius 3 is 2.82 bits per heavy atom. The lowest BCUT2D eigenvalue weighted by Gasteiger charge is -2.06. The molecule has 0 unspecified atom stereocenters. The van der Waals surface area contributed by atoms with E-state index in [1.54, 1.807) is 25.1 Å². The van der Waals surface area contributed by atoms with E-state index in [0.717, 1.165) is 11.5 Å². The Hall–Kier alpha value is -1.46. The molecule has 88 valence electrons. The average molecular weight is 269 g/mol. The summed E-state index contributed by atoms with van der Waals surface area (Å²) < 4.78 is 8.89. The molecule has 0 fully saturated rings.